The lowest BCUT2D eigenvalue weighted by Crippen LogP contribution is -2.23. The van der Waals surface area contributed by atoms with E-state index in [-0.39, 0.29) is 6.04 Å². The molecule has 2 rings (SSSR count). The van der Waals surface area contributed by atoms with Gasteiger partial charge in [-0.1, -0.05) is 41.1 Å². The Balaban J connectivity index is 2.33. The predicted octanol–water partition coefficient (Wildman–Crippen LogP) is 4.96. The molecule has 0 aliphatic rings. The second kappa shape index (κ2) is 8.15. The van der Waals surface area contributed by atoms with Crippen LogP contribution in [0.5, 0.6) is 5.75 Å². The van der Waals surface area contributed by atoms with Crippen molar-refractivity contribution in [2.75, 3.05) is 13.7 Å². The number of methoxy groups -OCH3 is 1. The molecule has 0 aliphatic carbocycles. The van der Waals surface area contributed by atoms with Crippen molar-refractivity contribution in [2.24, 2.45) is 0 Å². The highest BCUT2D eigenvalue weighted by Crippen LogP contribution is 2.30. The molecule has 0 bridgehead atoms. The highest BCUT2D eigenvalue weighted by Gasteiger charge is 2.16. The van der Waals surface area contributed by atoms with Gasteiger partial charge in [-0.15, -0.1) is 0 Å². The van der Waals surface area contributed by atoms with Crippen LogP contribution < -0.4 is 10.1 Å². The van der Waals surface area contributed by atoms with Crippen molar-refractivity contribution in [2.45, 2.75) is 19.4 Å². The minimum atomic E-state index is 0.260. The first-order valence-corrected chi connectivity index (χ1v) is 8.83. The zero-order valence-electron chi connectivity index (χ0n) is 12.2. The van der Waals surface area contributed by atoms with E-state index in [1.807, 2.05) is 12.1 Å². The molecule has 1 atom stereocenters. The maximum atomic E-state index is 5.47. The largest absolute Gasteiger partial charge is 0.496 e. The molecule has 1 unspecified atom stereocenters. The van der Waals surface area contributed by atoms with Crippen LogP contribution >= 0.6 is 38.5 Å². The van der Waals surface area contributed by atoms with Gasteiger partial charge in [-0.3, -0.25) is 0 Å². The van der Waals surface area contributed by atoms with Crippen LogP contribution in [0.4, 0.5) is 0 Å². The fraction of sp³-hybridized carbons (Fsp3) is 0.294. The first-order valence-electron chi connectivity index (χ1n) is 6.96. The number of ether oxygens (including phenoxy) is 1. The van der Waals surface area contributed by atoms with Crippen LogP contribution in [0.25, 0.3) is 0 Å². The van der Waals surface area contributed by atoms with Gasteiger partial charge in [0, 0.05) is 14.1 Å². The third-order valence-electron chi connectivity index (χ3n) is 3.40. The van der Waals surface area contributed by atoms with Crippen molar-refractivity contribution >= 4 is 38.5 Å². The van der Waals surface area contributed by atoms with E-state index < -0.39 is 0 Å². The van der Waals surface area contributed by atoms with Gasteiger partial charge in [-0.25, -0.2) is 0 Å². The molecule has 0 amide bonds. The second-order valence-electron chi connectivity index (χ2n) is 4.79. The minimum absolute atomic E-state index is 0.260. The molecule has 21 heavy (non-hydrogen) atoms. The third-order valence-corrected chi connectivity index (χ3v) is 4.79. The molecule has 112 valence electrons. The van der Waals surface area contributed by atoms with Crippen molar-refractivity contribution in [3.63, 3.8) is 0 Å². The van der Waals surface area contributed by atoms with Gasteiger partial charge in [-0.2, -0.15) is 0 Å². The van der Waals surface area contributed by atoms with Crippen LogP contribution in [0.2, 0.25) is 0 Å². The van der Waals surface area contributed by atoms with Crippen molar-refractivity contribution in [1.29, 1.82) is 0 Å². The summed E-state index contributed by atoms with van der Waals surface area (Å²) in [5.41, 5.74) is 2.51. The summed E-state index contributed by atoms with van der Waals surface area (Å²) in [5.74, 6) is 0.946. The Bertz CT molecular complexity index is 603. The molecule has 0 radical (unpaired) electrons. The van der Waals surface area contributed by atoms with Crippen molar-refractivity contribution < 1.29 is 4.74 Å². The molecule has 2 aromatic carbocycles. The molecular weight excluding hydrogens is 441 g/mol. The zero-order chi connectivity index (χ0) is 15.2. The van der Waals surface area contributed by atoms with Gasteiger partial charge in [0.25, 0.3) is 0 Å². The molecule has 4 heteroatoms. The van der Waals surface area contributed by atoms with Crippen molar-refractivity contribution in [3.8, 4) is 5.75 Å². The van der Waals surface area contributed by atoms with Crippen LogP contribution in [-0.2, 0) is 6.42 Å². The molecule has 0 aliphatic heterocycles. The van der Waals surface area contributed by atoms with Gasteiger partial charge in [0.1, 0.15) is 5.75 Å². The standard InChI is InChI=1S/C17H19BrINO/c1-3-20-16(14-11-13(19)8-9-15(14)18)10-12-6-4-5-7-17(12)21-2/h4-9,11,16,20H,3,10H2,1-2H3. The van der Waals surface area contributed by atoms with Gasteiger partial charge in [-0.05, 0) is 70.9 Å². The number of benzene rings is 2. The monoisotopic (exact) mass is 459 g/mol. The molecule has 2 nitrogen and oxygen atoms in total. The molecule has 0 saturated carbocycles. The Labute approximate surface area is 148 Å². The maximum absolute atomic E-state index is 5.47. The zero-order valence-corrected chi connectivity index (χ0v) is 15.9. The third kappa shape index (κ3) is 4.44. The molecule has 2 aromatic rings. The first kappa shape index (κ1) is 16.8. The van der Waals surface area contributed by atoms with E-state index >= 15 is 0 Å². The summed E-state index contributed by atoms with van der Waals surface area (Å²) in [6.45, 7) is 3.06. The lowest BCUT2D eigenvalue weighted by Gasteiger charge is -2.21. The summed E-state index contributed by atoms with van der Waals surface area (Å²) in [6, 6.07) is 14.9. The summed E-state index contributed by atoms with van der Waals surface area (Å²) in [4.78, 5) is 0. The molecular formula is C17H19BrINO. The Morgan fingerprint density at radius 2 is 2.00 bits per heavy atom. The van der Waals surface area contributed by atoms with Crippen LogP contribution in [-0.4, -0.2) is 13.7 Å². The fourth-order valence-electron chi connectivity index (χ4n) is 2.41. The highest BCUT2D eigenvalue weighted by atomic mass is 127. The van der Waals surface area contributed by atoms with Crippen molar-refractivity contribution in [1.82, 2.24) is 5.32 Å². The van der Waals surface area contributed by atoms with Crippen molar-refractivity contribution in [3.05, 3.63) is 61.6 Å². The summed E-state index contributed by atoms with van der Waals surface area (Å²) in [7, 11) is 1.72. The molecule has 0 spiro atoms. The van der Waals surface area contributed by atoms with Gasteiger partial charge in [0.15, 0.2) is 0 Å². The molecule has 0 saturated heterocycles. The summed E-state index contributed by atoms with van der Waals surface area (Å²) >= 11 is 6.03. The molecule has 0 aromatic heterocycles. The number of halogens is 2. The Hall–Kier alpha value is -0.590. The minimum Gasteiger partial charge on any atom is -0.496 e. The Morgan fingerprint density at radius 1 is 1.24 bits per heavy atom. The Kier molecular flexibility index (Phi) is 6.51. The van der Waals surface area contributed by atoms with Crippen LogP contribution in [0, 0.1) is 3.57 Å². The number of nitrogens with one attached hydrogen (secondary N) is 1. The average Bonchev–Trinajstić information content (AvgIpc) is 2.50. The summed E-state index contributed by atoms with van der Waals surface area (Å²) in [6.07, 6.45) is 0.899. The quantitative estimate of drug-likeness (QED) is 0.616. The van der Waals surface area contributed by atoms with E-state index in [0.29, 0.717) is 0 Å². The van der Waals surface area contributed by atoms with Crippen LogP contribution in [0.3, 0.4) is 0 Å². The van der Waals surface area contributed by atoms with Gasteiger partial charge < -0.3 is 10.1 Å². The van der Waals surface area contributed by atoms with Gasteiger partial charge in [0.2, 0.25) is 0 Å². The van der Waals surface area contributed by atoms with E-state index in [2.05, 4.69) is 81.1 Å². The first-order chi connectivity index (χ1) is 10.2. The normalized spacial score (nSPS) is 12.2. The maximum Gasteiger partial charge on any atom is 0.122 e. The number of hydrogen-bond acceptors (Lipinski definition) is 2. The number of rotatable bonds is 6. The number of hydrogen-bond donors (Lipinski definition) is 1. The molecule has 1 N–H and O–H groups in total. The lowest BCUT2D eigenvalue weighted by atomic mass is 9.98. The van der Waals surface area contributed by atoms with Gasteiger partial charge in [0.05, 0.1) is 7.11 Å². The van der Waals surface area contributed by atoms with E-state index in [1.54, 1.807) is 7.11 Å². The second-order valence-corrected chi connectivity index (χ2v) is 6.89. The fourth-order valence-corrected chi connectivity index (χ4v) is 3.45. The predicted molar refractivity (Wildman–Crippen MR) is 100.0 cm³/mol. The van der Waals surface area contributed by atoms with E-state index in [1.165, 1.54) is 14.7 Å². The number of likely N-dealkylation sites (N-methyl/N-ethyl adjacent to an activating group) is 1. The Morgan fingerprint density at radius 3 is 2.71 bits per heavy atom. The van der Waals surface area contributed by atoms with E-state index in [9.17, 15) is 0 Å². The van der Waals surface area contributed by atoms with Crippen LogP contribution in [0.15, 0.2) is 46.9 Å². The summed E-state index contributed by atoms with van der Waals surface area (Å²) in [5, 5.41) is 3.58. The molecule has 0 fully saturated rings. The average molecular weight is 460 g/mol. The van der Waals surface area contributed by atoms with E-state index in [4.69, 9.17) is 4.74 Å². The SMILES string of the molecule is CCNC(Cc1ccccc1OC)c1cc(I)ccc1Br. The number of para-hydroxylation sites is 1. The smallest absolute Gasteiger partial charge is 0.122 e. The van der Waals surface area contributed by atoms with Crippen LogP contribution in [0.1, 0.15) is 24.1 Å². The molecule has 0 heterocycles. The van der Waals surface area contributed by atoms with Gasteiger partial charge >= 0.3 is 0 Å². The van der Waals surface area contributed by atoms with E-state index in [0.717, 1.165) is 23.2 Å². The highest BCUT2D eigenvalue weighted by molar-refractivity contribution is 14.1. The lowest BCUT2D eigenvalue weighted by molar-refractivity contribution is 0.405. The topological polar surface area (TPSA) is 21.3 Å². The summed E-state index contributed by atoms with van der Waals surface area (Å²) < 4.78 is 7.86.